The van der Waals surface area contributed by atoms with E-state index in [1.165, 1.54) is 0 Å². The number of aromatic nitrogens is 2. The Morgan fingerprint density at radius 3 is 2.73 bits per heavy atom. The molecule has 0 spiro atoms. The zero-order valence-electron chi connectivity index (χ0n) is 13.0. The second-order valence-electron chi connectivity index (χ2n) is 5.98. The van der Waals surface area contributed by atoms with Crippen LogP contribution < -0.4 is 5.32 Å². The molecular formula is C16H20ClN3O2. The monoisotopic (exact) mass is 321 g/mol. The van der Waals surface area contributed by atoms with Gasteiger partial charge < -0.3 is 10.1 Å². The largest absolute Gasteiger partial charge is 0.367 e. The van der Waals surface area contributed by atoms with Crippen molar-refractivity contribution in [2.24, 2.45) is 0 Å². The van der Waals surface area contributed by atoms with Gasteiger partial charge in [0.1, 0.15) is 6.61 Å². The Bertz CT molecular complexity index is 647. The van der Waals surface area contributed by atoms with Gasteiger partial charge in [0.25, 0.3) is 0 Å². The summed E-state index contributed by atoms with van der Waals surface area (Å²) in [6.07, 6.45) is 3.42. The highest BCUT2D eigenvalue weighted by Crippen LogP contribution is 2.17. The average Bonchev–Trinajstić information content (AvgIpc) is 2.89. The molecule has 0 aliphatic rings. The maximum absolute atomic E-state index is 11.8. The lowest BCUT2D eigenvalue weighted by Crippen LogP contribution is -2.22. The fourth-order valence-corrected chi connectivity index (χ4v) is 2.01. The van der Waals surface area contributed by atoms with E-state index in [9.17, 15) is 4.79 Å². The third-order valence-corrected chi connectivity index (χ3v) is 3.37. The van der Waals surface area contributed by atoms with Crippen LogP contribution in [0.2, 0.25) is 5.02 Å². The van der Waals surface area contributed by atoms with E-state index in [4.69, 9.17) is 16.3 Å². The SMILES string of the molecule is CC(C)(C)n1cc(NC(=O)COCc2ccccc2Cl)cn1. The van der Waals surface area contributed by atoms with Crippen LogP contribution in [-0.4, -0.2) is 22.3 Å². The van der Waals surface area contributed by atoms with Crippen LogP contribution in [0.25, 0.3) is 0 Å². The molecule has 0 unspecified atom stereocenters. The smallest absolute Gasteiger partial charge is 0.250 e. The molecule has 118 valence electrons. The molecule has 1 N–H and O–H groups in total. The van der Waals surface area contributed by atoms with Crippen LogP contribution in [0.15, 0.2) is 36.7 Å². The Morgan fingerprint density at radius 1 is 1.36 bits per heavy atom. The normalized spacial score (nSPS) is 11.5. The Morgan fingerprint density at radius 2 is 2.09 bits per heavy atom. The van der Waals surface area contributed by atoms with E-state index < -0.39 is 0 Å². The molecule has 1 aromatic carbocycles. The van der Waals surface area contributed by atoms with Crippen LogP contribution in [-0.2, 0) is 21.7 Å². The Labute approximate surface area is 135 Å². The molecule has 0 saturated carbocycles. The molecule has 1 amide bonds. The molecule has 2 aromatic rings. The van der Waals surface area contributed by atoms with Gasteiger partial charge in [-0.2, -0.15) is 5.10 Å². The molecule has 5 nitrogen and oxygen atoms in total. The van der Waals surface area contributed by atoms with Crippen molar-refractivity contribution in [3.8, 4) is 0 Å². The van der Waals surface area contributed by atoms with Gasteiger partial charge in [0, 0.05) is 11.2 Å². The van der Waals surface area contributed by atoms with Crippen molar-refractivity contribution in [3.05, 3.63) is 47.2 Å². The third-order valence-electron chi connectivity index (χ3n) is 3.00. The quantitative estimate of drug-likeness (QED) is 0.917. The lowest BCUT2D eigenvalue weighted by molar-refractivity contribution is -0.121. The standard InChI is InChI=1S/C16H20ClN3O2/c1-16(2,3)20-9-13(8-18-20)19-15(21)11-22-10-12-6-4-5-7-14(12)17/h4-9H,10-11H2,1-3H3,(H,19,21). The third kappa shape index (κ3) is 4.58. The highest BCUT2D eigenvalue weighted by molar-refractivity contribution is 6.31. The first kappa shape index (κ1) is 16.5. The van der Waals surface area contributed by atoms with Crippen molar-refractivity contribution in [1.29, 1.82) is 0 Å². The molecule has 1 heterocycles. The molecule has 0 atom stereocenters. The molecule has 2 rings (SSSR count). The molecule has 0 bridgehead atoms. The number of carbonyl (C=O) groups is 1. The van der Waals surface area contributed by atoms with Crippen LogP contribution in [0, 0.1) is 0 Å². The molecule has 0 aliphatic heterocycles. The number of amides is 1. The number of nitrogens with one attached hydrogen (secondary N) is 1. The van der Waals surface area contributed by atoms with Crippen LogP contribution in [0.1, 0.15) is 26.3 Å². The van der Waals surface area contributed by atoms with Crippen LogP contribution in [0.4, 0.5) is 5.69 Å². The fraction of sp³-hybridized carbons (Fsp3) is 0.375. The summed E-state index contributed by atoms with van der Waals surface area (Å²) in [6, 6.07) is 7.39. The minimum Gasteiger partial charge on any atom is -0.367 e. The molecular weight excluding hydrogens is 302 g/mol. The molecule has 0 fully saturated rings. The number of nitrogens with zero attached hydrogens (tertiary/aromatic N) is 2. The maximum atomic E-state index is 11.8. The predicted molar refractivity (Wildman–Crippen MR) is 87.0 cm³/mol. The zero-order valence-corrected chi connectivity index (χ0v) is 13.7. The molecule has 0 radical (unpaired) electrons. The summed E-state index contributed by atoms with van der Waals surface area (Å²) in [5.41, 5.74) is 1.39. The molecule has 22 heavy (non-hydrogen) atoms. The number of rotatable bonds is 5. The van der Waals surface area contributed by atoms with E-state index >= 15 is 0 Å². The van der Waals surface area contributed by atoms with Gasteiger partial charge in [-0.05, 0) is 32.4 Å². The number of hydrogen-bond acceptors (Lipinski definition) is 3. The van der Waals surface area contributed by atoms with E-state index in [1.807, 2.05) is 39.0 Å². The van der Waals surface area contributed by atoms with Crippen LogP contribution in [0.3, 0.4) is 0 Å². The molecule has 1 aromatic heterocycles. The first-order valence-corrected chi connectivity index (χ1v) is 7.40. The minimum atomic E-state index is -0.222. The van der Waals surface area contributed by atoms with Gasteiger partial charge in [0.15, 0.2) is 0 Å². The van der Waals surface area contributed by atoms with Crippen molar-refractivity contribution >= 4 is 23.2 Å². The van der Waals surface area contributed by atoms with E-state index in [-0.39, 0.29) is 18.1 Å². The summed E-state index contributed by atoms with van der Waals surface area (Å²) >= 11 is 6.02. The zero-order chi connectivity index (χ0) is 16.2. The Hall–Kier alpha value is -1.85. The number of benzene rings is 1. The van der Waals surface area contributed by atoms with Crippen molar-refractivity contribution in [3.63, 3.8) is 0 Å². The molecule has 0 aliphatic carbocycles. The first-order chi connectivity index (χ1) is 10.4. The number of ether oxygens (including phenoxy) is 1. The fourth-order valence-electron chi connectivity index (χ4n) is 1.82. The van der Waals surface area contributed by atoms with Gasteiger partial charge in [0.2, 0.25) is 5.91 Å². The Balaban J connectivity index is 1.81. The second kappa shape index (κ2) is 6.94. The van der Waals surface area contributed by atoms with Crippen molar-refractivity contribution in [2.45, 2.75) is 32.9 Å². The minimum absolute atomic E-state index is 0.0358. The lowest BCUT2D eigenvalue weighted by Gasteiger charge is -2.18. The maximum Gasteiger partial charge on any atom is 0.250 e. The van der Waals surface area contributed by atoms with Gasteiger partial charge >= 0.3 is 0 Å². The van der Waals surface area contributed by atoms with Crippen LogP contribution in [0.5, 0.6) is 0 Å². The van der Waals surface area contributed by atoms with Gasteiger partial charge in [0.05, 0.1) is 24.0 Å². The number of anilines is 1. The van der Waals surface area contributed by atoms with Gasteiger partial charge in [-0.1, -0.05) is 29.8 Å². The van der Waals surface area contributed by atoms with Gasteiger partial charge in [-0.15, -0.1) is 0 Å². The highest BCUT2D eigenvalue weighted by atomic mass is 35.5. The summed E-state index contributed by atoms with van der Waals surface area (Å²) in [5, 5.41) is 7.61. The first-order valence-electron chi connectivity index (χ1n) is 7.02. The molecule has 6 heteroatoms. The van der Waals surface area contributed by atoms with E-state index in [1.54, 1.807) is 23.1 Å². The number of halogens is 1. The predicted octanol–water partition coefficient (Wildman–Crippen LogP) is 3.45. The van der Waals surface area contributed by atoms with E-state index in [0.717, 1.165) is 5.56 Å². The number of carbonyl (C=O) groups excluding carboxylic acids is 1. The average molecular weight is 322 g/mol. The van der Waals surface area contributed by atoms with E-state index in [2.05, 4.69) is 10.4 Å². The van der Waals surface area contributed by atoms with Crippen molar-refractivity contribution in [2.75, 3.05) is 11.9 Å². The topological polar surface area (TPSA) is 56.2 Å². The second-order valence-corrected chi connectivity index (χ2v) is 6.38. The van der Waals surface area contributed by atoms with Gasteiger partial charge in [-0.25, -0.2) is 0 Å². The Kier molecular flexibility index (Phi) is 5.21. The summed E-state index contributed by atoms with van der Waals surface area (Å²) in [7, 11) is 0. The van der Waals surface area contributed by atoms with Crippen LogP contribution >= 0.6 is 11.6 Å². The number of hydrogen-bond donors (Lipinski definition) is 1. The van der Waals surface area contributed by atoms with Crippen molar-refractivity contribution in [1.82, 2.24) is 9.78 Å². The van der Waals surface area contributed by atoms with Crippen molar-refractivity contribution < 1.29 is 9.53 Å². The highest BCUT2D eigenvalue weighted by Gasteiger charge is 2.14. The molecule has 0 saturated heterocycles. The lowest BCUT2D eigenvalue weighted by atomic mass is 10.1. The summed E-state index contributed by atoms with van der Waals surface area (Å²) in [4.78, 5) is 11.8. The summed E-state index contributed by atoms with van der Waals surface area (Å²) in [5.74, 6) is -0.222. The summed E-state index contributed by atoms with van der Waals surface area (Å²) in [6.45, 7) is 6.38. The van der Waals surface area contributed by atoms with Gasteiger partial charge in [-0.3, -0.25) is 9.48 Å². The van der Waals surface area contributed by atoms with E-state index in [0.29, 0.717) is 17.3 Å². The summed E-state index contributed by atoms with van der Waals surface area (Å²) < 4.78 is 7.18.